The fraction of sp³-hybridized carbons (Fsp3) is 0.0323. The third-order valence-electron chi connectivity index (χ3n) is 6.77. The first-order valence-electron chi connectivity index (χ1n) is 10.9. The zero-order valence-corrected chi connectivity index (χ0v) is 17.3. The number of rotatable bonds is 1. The van der Waals surface area contributed by atoms with Crippen molar-refractivity contribution in [2.24, 2.45) is 0 Å². The molecular weight excluding hydrogens is 372 g/mol. The molecule has 0 aromatic heterocycles. The van der Waals surface area contributed by atoms with Crippen LogP contribution in [0.5, 0.6) is 0 Å². The Kier molecular flexibility index (Phi) is 3.29. The van der Waals surface area contributed by atoms with E-state index < -0.39 is 0 Å². The summed E-state index contributed by atoms with van der Waals surface area (Å²) in [5.41, 5.74) is 3.89. The Bertz CT molecular complexity index is 1790. The van der Waals surface area contributed by atoms with Crippen molar-refractivity contribution in [2.45, 2.75) is 6.92 Å². The lowest BCUT2D eigenvalue weighted by atomic mass is 9.88. The molecule has 0 aliphatic carbocycles. The quantitative estimate of drug-likeness (QED) is 0.193. The molecule has 0 fully saturated rings. The van der Waals surface area contributed by atoms with Gasteiger partial charge in [0.2, 0.25) is 0 Å². The van der Waals surface area contributed by atoms with Crippen LogP contribution in [-0.2, 0) is 0 Å². The maximum Gasteiger partial charge on any atom is -0.00206 e. The average Bonchev–Trinajstić information content (AvgIpc) is 2.81. The van der Waals surface area contributed by atoms with Gasteiger partial charge in [-0.05, 0) is 96.2 Å². The van der Waals surface area contributed by atoms with Crippen LogP contribution >= 0.6 is 0 Å². The average molecular weight is 393 g/mol. The van der Waals surface area contributed by atoms with Crippen LogP contribution in [0.4, 0.5) is 0 Å². The van der Waals surface area contributed by atoms with E-state index in [0.717, 1.165) is 0 Å². The highest BCUT2D eigenvalue weighted by Gasteiger charge is 2.13. The summed E-state index contributed by atoms with van der Waals surface area (Å²) in [6.07, 6.45) is 0. The minimum atomic E-state index is 1.28. The molecule has 0 saturated carbocycles. The van der Waals surface area contributed by atoms with Gasteiger partial charge in [-0.2, -0.15) is 0 Å². The highest BCUT2D eigenvalue weighted by atomic mass is 14.2. The van der Waals surface area contributed by atoms with E-state index in [0.29, 0.717) is 0 Å². The van der Waals surface area contributed by atoms with Gasteiger partial charge in [0.15, 0.2) is 0 Å². The standard InChI is InChI=1S/C31H20/c1-19-8-9-22-16-27-17-24(13-12-23(27)15-26(22)14-19)29-18-25-6-2-4-20-10-11-21-5-3-7-28(29)31(21)30(20)25/h2-18H,1H3. The highest BCUT2D eigenvalue weighted by Crippen LogP contribution is 2.40. The van der Waals surface area contributed by atoms with Gasteiger partial charge in [0.05, 0.1) is 0 Å². The van der Waals surface area contributed by atoms with Gasteiger partial charge in [0.25, 0.3) is 0 Å². The summed E-state index contributed by atoms with van der Waals surface area (Å²) in [7, 11) is 0. The first-order valence-corrected chi connectivity index (χ1v) is 10.9. The fourth-order valence-corrected chi connectivity index (χ4v) is 5.29. The molecule has 0 aliphatic heterocycles. The predicted molar refractivity (Wildman–Crippen MR) is 135 cm³/mol. The van der Waals surface area contributed by atoms with Crippen LogP contribution in [0, 0.1) is 6.92 Å². The summed E-state index contributed by atoms with van der Waals surface area (Å²) in [4.78, 5) is 0. The molecule has 7 rings (SSSR count). The van der Waals surface area contributed by atoms with Crippen LogP contribution in [-0.4, -0.2) is 0 Å². The third-order valence-corrected chi connectivity index (χ3v) is 6.77. The van der Waals surface area contributed by atoms with Crippen molar-refractivity contribution < 1.29 is 0 Å². The highest BCUT2D eigenvalue weighted by molar-refractivity contribution is 6.26. The van der Waals surface area contributed by atoms with Gasteiger partial charge < -0.3 is 0 Å². The van der Waals surface area contributed by atoms with E-state index in [-0.39, 0.29) is 0 Å². The Balaban J connectivity index is 1.56. The molecule has 0 saturated heterocycles. The zero-order chi connectivity index (χ0) is 20.5. The molecule has 0 N–H and O–H groups in total. The molecule has 144 valence electrons. The Morgan fingerprint density at radius 1 is 0.419 bits per heavy atom. The van der Waals surface area contributed by atoms with E-state index in [1.165, 1.54) is 70.6 Å². The second-order valence-electron chi connectivity index (χ2n) is 8.74. The maximum absolute atomic E-state index is 2.37. The van der Waals surface area contributed by atoms with Crippen LogP contribution in [0.15, 0.2) is 103 Å². The first kappa shape index (κ1) is 16.8. The van der Waals surface area contributed by atoms with Gasteiger partial charge in [0.1, 0.15) is 0 Å². The molecule has 0 nitrogen and oxygen atoms in total. The molecule has 0 amide bonds. The molecule has 0 radical (unpaired) electrons. The summed E-state index contributed by atoms with van der Waals surface area (Å²) in [5, 5.41) is 13.2. The van der Waals surface area contributed by atoms with Crippen LogP contribution in [0.25, 0.3) is 65.0 Å². The normalized spacial score (nSPS) is 12.0. The van der Waals surface area contributed by atoms with Crippen molar-refractivity contribution in [3.8, 4) is 11.1 Å². The fourth-order valence-electron chi connectivity index (χ4n) is 5.29. The van der Waals surface area contributed by atoms with Gasteiger partial charge >= 0.3 is 0 Å². The maximum atomic E-state index is 2.37. The van der Waals surface area contributed by atoms with Crippen molar-refractivity contribution in [1.29, 1.82) is 0 Å². The summed E-state index contributed by atoms with van der Waals surface area (Å²) in [6.45, 7) is 2.15. The lowest BCUT2D eigenvalue weighted by molar-refractivity contribution is 1.51. The first-order chi connectivity index (χ1) is 15.2. The van der Waals surface area contributed by atoms with Gasteiger partial charge in [-0.15, -0.1) is 0 Å². The van der Waals surface area contributed by atoms with E-state index in [1.807, 2.05) is 0 Å². The summed E-state index contributed by atoms with van der Waals surface area (Å²) in [5.74, 6) is 0. The Morgan fingerprint density at radius 3 is 1.90 bits per heavy atom. The van der Waals surface area contributed by atoms with Gasteiger partial charge in [0, 0.05) is 0 Å². The largest absolute Gasteiger partial charge is 0.0610 e. The van der Waals surface area contributed by atoms with Crippen molar-refractivity contribution in [3.05, 3.63) is 109 Å². The summed E-state index contributed by atoms with van der Waals surface area (Å²) in [6, 6.07) is 38.4. The summed E-state index contributed by atoms with van der Waals surface area (Å²) >= 11 is 0. The summed E-state index contributed by atoms with van der Waals surface area (Å²) < 4.78 is 0. The topological polar surface area (TPSA) is 0 Å². The van der Waals surface area contributed by atoms with E-state index in [1.54, 1.807) is 0 Å². The molecule has 0 heterocycles. The van der Waals surface area contributed by atoms with Crippen molar-refractivity contribution in [3.63, 3.8) is 0 Å². The molecule has 0 spiro atoms. The Morgan fingerprint density at radius 2 is 1.06 bits per heavy atom. The van der Waals surface area contributed by atoms with Crippen molar-refractivity contribution >= 4 is 53.9 Å². The molecule has 0 unspecified atom stereocenters. The van der Waals surface area contributed by atoms with E-state index in [2.05, 4.69) is 110 Å². The Hall–Kier alpha value is -3.90. The van der Waals surface area contributed by atoms with Crippen molar-refractivity contribution in [2.75, 3.05) is 0 Å². The third kappa shape index (κ3) is 2.42. The van der Waals surface area contributed by atoms with Crippen LogP contribution < -0.4 is 0 Å². The predicted octanol–water partition coefficient (Wildman–Crippen LogP) is 8.87. The lowest BCUT2D eigenvalue weighted by Gasteiger charge is -2.15. The Labute approximate surface area is 180 Å². The second-order valence-corrected chi connectivity index (χ2v) is 8.74. The van der Waals surface area contributed by atoms with Crippen LogP contribution in [0.1, 0.15) is 5.56 Å². The van der Waals surface area contributed by atoms with E-state index in [9.17, 15) is 0 Å². The second kappa shape index (κ2) is 6.06. The van der Waals surface area contributed by atoms with Gasteiger partial charge in [-0.1, -0.05) is 84.4 Å². The number of fused-ring (bicyclic) bond motifs is 2. The van der Waals surface area contributed by atoms with E-state index >= 15 is 0 Å². The minimum Gasteiger partial charge on any atom is -0.0610 e. The molecule has 7 aromatic rings. The zero-order valence-electron chi connectivity index (χ0n) is 17.3. The SMILES string of the molecule is Cc1ccc2cc3cc(-c4cc5cccc6ccc7cccc4c7c65)ccc3cc2c1. The van der Waals surface area contributed by atoms with Gasteiger partial charge in [-0.3, -0.25) is 0 Å². The smallest absolute Gasteiger partial charge is 0.00206 e. The minimum absolute atomic E-state index is 1.28. The molecule has 0 bridgehead atoms. The molecule has 0 aliphatic rings. The number of aryl methyl sites for hydroxylation is 1. The number of benzene rings is 7. The number of hydrogen-bond acceptors (Lipinski definition) is 0. The monoisotopic (exact) mass is 392 g/mol. The molecule has 7 aromatic carbocycles. The van der Waals surface area contributed by atoms with Gasteiger partial charge in [-0.25, -0.2) is 0 Å². The number of hydrogen-bond donors (Lipinski definition) is 0. The molecule has 31 heavy (non-hydrogen) atoms. The van der Waals surface area contributed by atoms with Crippen LogP contribution in [0.2, 0.25) is 0 Å². The lowest BCUT2D eigenvalue weighted by Crippen LogP contribution is -1.88. The van der Waals surface area contributed by atoms with Crippen molar-refractivity contribution in [1.82, 2.24) is 0 Å². The molecular formula is C31H20. The van der Waals surface area contributed by atoms with E-state index in [4.69, 9.17) is 0 Å². The molecule has 0 atom stereocenters. The molecule has 0 heteroatoms. The van der Waals surface area contributed by atoms with Crippen LogP contribution in [0.3, 0.4) is 0 Å².